The quantitative estimate of drug-likeness (QED) is 0.817. The summed E-state index contributed by atoms with van der Waals surface area (Å²) in [6.45, 7) is 5.54. The van der Waals surface area contributed by atoms with E-state index in [2.05, 4.69) is 20.6 Å². The van der Waals surface area contributed by atoms with Gasteiger partial charge in [0.15, 0.2) is 0 Å². The van der Waals surface area contributed by atoms with Crippen molar-refractivity contribution in [1.29, 1.82) is 0 Å². The maximum absolute atomic E-state index is 13.1. The second-order valence-corrected chi connectivity index (χ2v) is 5.73. The fourth-order valence-corrected chi connectivity index (χ4v) is 2.17. The van der Waals surface area contributed by atoms with E-state index in [4.69, 9.17) is 11.6 Å². The van der Waals surface area contributed by atoms with Crippen LogP contribution in [0.25, 0.3) is 0 Å². The molecule has 23 heavy (non-hydrogen) atoms. The Morgan fingerprint density at radius 2 is 1.74 bits per heavy atom. The Balaban J connectivity index is 2.38. The first kappa shape index (κ1) is 17.3. The number of aryl methyl sites for hydroxylation is 1. The van der Waals surface area contributed by atoms with Crippen LogP contribution in [-0.4, -0.2) is 16.0 Å². The third-order valence-corrected chi connectivity index (χ3v) is 3.06. The van der Waals surface area contributed by atoms with E-state index >= 15 is 0 Å². The minimum atomic E-state index is -4.52. The zero-order valence-corrected chi connectivity index (χ0v) is 13.5. The Morgan fingerprint density at radius 1 is 1.09 bits per heavy atom. The van der Waals surface area contributed by atoms with Gasteiger partial charge in [0.05, 0.1) is 11.3 Å². The molecule has 124 valence electrons. The predicted octanol–water partition coefficient (Wildman–Crippen LogP) is 5.02. The van der Waals surface area contributed by atoms with Crippen LogP contribution in [0.3, 0.4) is 0 Å². The summed E-state index contributed by atoms with van der Waals surface area (Å²) in [5.41, 5.74) is -0.963. The maximum Gasteiger partial charge on any atom is 0.418 e. The molecule has 0 saturated carbocycles. The van der Waals surface area contributed by atoms with Gasteiger partial charge in [0.1, 0.15) is 17.5 Å². The molecule has 0 spiro atoms. The smallest absolute Gasteiger partial charge is 0.368 e. The number of alkyl halides is 3. The van der Waals surface area contributed by atoms with Crippen molar-refractivity contribution in [3.8, 4) is 0 Å². The molecule has 2 N–H and O–H groups in total. The zero-order valence-electron chi connectivity index (χ0n) is 12.8. The van der Waals surface area contributed by atoms with Gasteiger partial charge in [0.25, 0.3) is 0 Å². The van der Waals surface area contributed by atoms with E-state index in [1.54, 1.807) is 13.0 Å². The van der Waals surface area contributed by atoms with Crippen LogP contribution in [0.4, 0.5) is 30.5 Å². The van der Waals surface area contributed by atoms with Crippen LogP contribution in [0.2, 0.25) is 5.02 Å². The van der Waals surface area contributed by atoms with Gasteiger partial charge in [0.2, 0.25) is 0 Å². The predicted molar refractivity (Wildman–Crippen MR) is 85.3 cm³/mol. The van der Waals surface area contributed by atoms with Gasteiger partial charge in [-0.2, -0.15) is 13.2 Å². The van der Waals surface area contributed by atoms with E-state index in [1.165, 1.54) is 12.1 Å². The number of halogens is 4. The highest BCUT2D eigenvalue weighted by molar-refractivity contribution is 6.30. The lowest BCUT2D eigenvalue weighted by Gasteiger charge is -2.16. The molecular weight excluding hydrogens is 329 g/mol. The van der Waals surface area contributed by atoms with Gasteiger partial charge < -0.3 is 10.6 Å². The van der Waals surface area contributed by atoms with Gasteiger partial charge in [0, 0.05) is 17.1 Å². The Hall–Kier alpha value is -2.02. The van der Waals surface area contributed by atoms with Gasteiger partial charge in [-0.15, -0.1) is 0 Å². The lowest BCUT2D eigenvalue weighted by Crippen LogP contribution is -2.13. The molecule has 0 saturated heterocycles. The molecule has 1 heterocycles. The molecular formula is C15H16ClF3N4. The lowest BCUT2D eigenvalue weighted by atomic mass is 10.1. The summed E-state index contributed by atoms with van der Waals surface area (Å²) in [7, 11) is 0. The average molecular weight is 345 g/mol. The number of nitrogens with one attached hydrogen (secondary N) is 2. The normalized spacial score (nSPS) is 11.7. The van der Waals surface area contributed by atoms with Gasteiger partial charge in [-0.05, 0) is 39.0 Å². The summed E-state index contributed by atoms with van der Waals surface area (Å²) in [5, 5.41) is 5.80. The van der Waals surface area contributed by atoms with E-state index in [0.29, 0.717) is 11.6 Å². The summed E-state index contributed by atoms with van der Waals surface area (Å²) in [6, 6.07) is 5.24. The number of aromatic nitrogens is 2. The zero-order chi connectivity index (χ0) is 17.2. The molecule has 0 aliphatic carbocycles. The second-order valence-electron chi connectivity index (χ2n) is 5.30. The highest BCUT2D eigenvalue weighted by Crippen LogP contribution is 2.37. The molecule has 0 fully saturated rings. The molecule has 0 aliphatic heterocycles. The molecule has 0 bridgehead atoms. The van der Waals surface area contributed by atoms with Crippen LogP contribution < -0.4 is 10.6 Å². The highest BCUT2D eigenvalue weighted by atomic mass is 35.5. The van der Waals surface area contributed by atoms with Crippen molar-refractivity contribution in [3.05, 3.63) is 40.7 Å². The van der Waals surface area contributed by atoms with Crippen LogP contribution in [-0.2, 0) is 6.18 Å². The summed E-state index contributed by atoms with van der Waals surface area (Å²) in [4.78, 5) is 8.31. The van der Waals surface area contributed by atoms with Crippen LogP contribution >= 0.6 is 11.6 Å². The molecule has 0 atom stereocenters. The first-order chi connectivity index (χ1) is 10.6. The van der Waals surface area contributed by atoms with Crippen molar-refractivity contribution in [2.24, 2.45) is 0 Å². The molecule has 1 aromatic carbocycles. The summed E-state index contributed by atoms with van der Waals surface area (Å²) in [6.07, 6.45) is -4.52. The van der Waals surface area contributed by atoms with Crippen molar-refractivity contribution in [1.82, 2.24) is 9.97 Å². The third kappa shape index (κ3) is 4.72. The van der Waals surface area contributed by atoms with Crippen molar-refractivity contribution < 1.29 is 13.2 Å². The fraction of sp³-hybridized carbons (Fsp3) is 0.333. The van der Waals surface area contributed by atoms with E-state index in [0.717, 1.165) is 6.07 Å². The number of hydrogen-bond donors (Lipinski definition) is 2. The molecule has 1 aromatic heterocycles. The molecule has 8 heteroatoms. The fourth-order valence-electron chi connectivity index (χ4n) is 2.00. The summed E-state index contributed by atoms with van der Waals surface area (Å²) < 4.78 is 39.4. The number of anilines is 3. The molecule has 0 radical (unpaired) electrons. The molecule has 2 aromatic rings. The highest BCUT2D eigenvalue weighted by Gasteiger charge is 2.34. The molecule has 0 amide bonds. The van der Waals surface area contributed by atoms with Crippen LogP contribution in [0.15, 0.2) is 24.3 Å². The average Bonchev–Trinajstić information content (AvgIpc) is 2.38. The van der Waals surface area contributed by atoms with Crippen molar-refractivity contribution in [3.63, 3.8) is 0 Å². The Bertz CT molecular complexity index is 702. The molecule has 2 rings (SSSR count). The Labute approximate surface area is 137 Å². The molecule has 4 nitrogen and oxygen atoms in total. The van der Waals surface area contributed by atoms with Crippen molar-refractivity contribution in [2.75, 3.05) is 10.6 Å². The van der Waals surface area contributed by atoms with Gasteiger partial charge >= 0.3 is 6.18 Å². The van der Waals surface area contributed by atoms with Gasteiger partial charge in [-0.3, -0.25) is 0 Å². The lowest BCUT2D eigenvalue weighted by molar-refractivity contribution is -0.136. The van der Waals surface area contributed by atoms with E-state index in [9.17, 15) is 13.2 Å². The van der Waals surface area contributed by atoms with Crippen LogP contribution in [0.1, 0.15) is 25.2 Å². The van der Waals surface area contributed by atoms with E-state index in [-0.39, 0.29) is 22.6 Å². The van der Waals surface area contributed by atoms with Crippen molar-refractivity contribution >= 4 is 28.9 Å². The topological polar surface area (TPSA) is 49.8 Å². The Morgan fingerprint density at radius 3 is 2.35 bits per heavy atom. The maximum atomic E-state index is 13.1. The number of rotatable bonds is 4. The first-order valence-corrected chi connectivity index (χ1v) is 7.29. The molecule has 0 unspecified atom stereocenters. The SMILES string of the molecule is Cc1nc(Nc2ccc(Cl)cc2C(F)(F)F)cc(NC(C)C)n1. The monoisotopic (exact) mass is 344 g/mol. The number of hydrogen-bond acceptors (Lipinski definition) is 4. The van der Waals surface area contributed by atoms with Crippen molar-refractivity contribution in [2.45, 2.75) is 33.0 Å². The van der Waals surface area contributed by atoms with Crippen LogP contribution in [0.5, 0.6) is 0 Å². The van der Waals surface area contributed by atoms with Crippen LogP contribution in [0, 0.1) is 6.92 Å². The van der Waals surface area contributed by atoms with E-state index in [1.807, 2.05) is 13.8 Å². The Kier molecular flexibility index (Phi) is 4.99. The van der Waals surface area contributed by atoms with Gasteiger partial charge in [-0.25, -0.2) is 9.97 Å². The van der Waals surface area contributed by atoms with Gasteiger partial charge in [-0.1, -0.05) is 11.6 Å². The second kappa shape index (κ2) is 6.62. The summed E-state index contributed by atoms with van der Waals surface area (Å²) in [5.74, 6) is 1.26. The first-order valence-electron chi connectivity index (χ1n) is 6.91. The number of nitrogens with zero attached hydrogens (tertiary/aromatic N) is 2. The van der Waals surface area contributed by atoms with E-state index < -0.39 is 11.7 Å². The largest absolute Gasteiger partial charge is 0.418 e. The molecule has 0 aliphatic rings. The minimum absolute atomic E-state index is 0.0175. The summed E-state index contributed by atoms with van der Waals surface area (Å²) >= 11 is 5.67. The minimum Gasteiger partial charge on any atom is -0.368 e. The number of benzene rings is 1. The third-order valence-electron chi connectivity index (χ3n) is 2.82. The standard InChI is InChI=1S/C15H16ClF3N4/c1-8(2)20-13-7-14(22-9(3)21-13)23-12-5-4-10(16)6-11(12)15(17,18)19/h4-8H,1-3H3,(H2,20,21,22,23).